The second-order valence-electron chi connectivity index (χ2n) is 6.14. The molecule has 8 heteroatoms. The van der Waals surface area contributed by atoms with E-state index < -0.39 is 0 Å². The van der Waals surface area contributed by atoms with Gasteiger partial charge in [-0.05, 0) is 30.7 Å². The lowest BCUT2D eigenvalue weighted by Gasteiger charge is -2.18. The van der Waals surface area contributed by atoms with Gasteiger partial charge < -0.3 is 14.0 Å². The van der Waals surface area contributed by atoms with Crippen LogP contribution >= 0.6 is 34.9 Å². The van der Waals surface area contributed by atoms with Crippen molar-refractivity contribution in [3.05, 3.63) is 46.8 Å². The highest BCUT2D eigenvalue weighted by molar-refractivity contribution is 7.98. The van der Waals surface area contributed by atoms with E-state index in [1.807, 2.05) is 42.7 Å². The Morgan fingerprint density at radius 3 is 2.71 bits per heavy atom. The Labute approximate surface area is 175 Å². The summed E-state index contributed by atoms with van der Waals surface area (Å²) in [7, 11) is 0. The van der Waals surface area contributed by atoms with E-state index in [0.29, 0.717) is 23.6 Å². The average Bonchev–Trinajstić information content (AvgIpc) is 3.06. The number of benzene rings is 2. The van der Waals surface area contributed by atoms with Gasteiger partial charge in [0.05, 0.1) is 10.2 Å². The van der Waals surface area contributed by atoms with Crippen molar-refractivity contribution >= 4 is 51.0 Å². The Morgan fingerprint density at radius 1 is 1.18 bits per heavy atom. The summed E-state index contributed by atoms with van der Waals surface area (Å²) in [5.74, 6) is 2.21. The zero-order chi connectivity index (χ0) is 19.5. The van der Waals surface area contributed by atoms with Crippen LogP contribution in [0.15, 0.2) is 46.3 Å². The minimum Gasteiger partial charge on any atom is -0.486 e. The Kier molecular flexibility index (Phi) is 5.99. The molecular formula is C20H20N2O3S3. The van der Waals surface area contributed by atoms with Crippen LogP contribution in [-0.4, -0.2) is 42.0 Å². The predicted octanol–water partition coefficient (Wildman–Crippen LogP) is 4.30. The highest BCUT2D eigenvalue weighted by atomic mass is 32.2. The molecule has 4 rings (SSSR count). The van der Waals surface area contributed by atoms with Crippen molar-refractivity contribution in [1.29, 1.82) is 0 Å². The van der Waals surface area contributed by atoms with Crippen LogP contribution in [0.5, 0.6) is 11.5 Å². The number of carbonyl (C=O) groups excluding carboxylic acids is 1. The molecule has 0 spiro atoms. The molecule has 0 unspecified atom stereocenters. The number of ether oxygens (including phenoxy) is 2. The molecule has 0 saturated heterocycles. The summed E-state index contributed by atoms with van der Waals surface area (Å²) in [6.45, 7) is 1.88. The van der Waals surface area contributed by atoms with Gasteiger partial charge in [0.2, 0.25) is 0 Å². The Bertz CT molecular complexity index is 1090. The Morgan fingerprint density at radius 2 is 1.96 bits per heavy atom. The number of hydrogen-bond donors (Lipinski definition) is 0. The third-order valence-electron chi connectivity index (χ3n) is 4.38. The van der Waals surface area contributed by atoms with Crippen molar-refractivity contribution in [1.82, 2.24) is 4.57 Å². The second kappa shape index (κ2) is 8.63. The van der Waals surface area contributed by atoms with Gasteiger partial charge in [-0.2, -0.15) is 16.8 Å². The van der Waals surface area contributed by atoms with Crippen LogP contribution in [0.1, 0.15) is 10.4 Å². The number of carbonyl (C=O) groups is 1. The summed E-state index contributed by atoms with van der Waals surface area (Å²) in [6.07, 6.45) is 4.07. The fourth-order valence-corrected chi connectivity index (χ4v) is 4.89. The smallest absolute Gasteiger partial charge is 0.279 e. The first-order chi connectivity index (χ1) is 13.7. The van der Waals surface area contributed by atoms with E-state index in [4.69, 9.17) is 9.47 Å². The average molecular weight is 433 g/mol. The summed E-state index contributed by atoms with van der Waals surface area (Å²) in [4.78, 5) is 19.0. The number of nitrogens with zero attached hydrogens (tertiary/aromatic N) is 2. The number of fused-ring (bicyclic) bond motifs is 2. The maximum absolute atomic E-state index is 12.8. The summed E-state index contributed by atoms with van der Waals surface area (Å²) in [5.41, 5.74) is 1.62. The molecule has 146 valence electrons. The minimum absolute atomic E-state index is 0.224. The molecule has 1 aliphatic heterocycles. The van der Waals surface area contributed by atoms with Crippen molar-refractivity contribution in [3.8, 4) is 11.5 Å². The molecule has 0 fully saturated rings. The van der Waals surface area contributed by atoms with Crippen molar-refractivity contribution < 1.29 is 14.3 Å². The SMILES string of the molecule is CSCCn1c(=NC(=O)c2cccc(SC)c2)sc2cc3c(cc21)OCCO3. The van der Waals surface area contributed by atoms with E-state index in [0.717, 1.165) is 38.9 Å². The minimum atomic E-state index is -0.224. The summed E-state index contributed by atoms with van der Waals surface area (Å²) < 4.78 is 14.6. The topological polar surface area (TPSA) is 52.8 Å². The largest absolute Gasteiger partial charge is 0.486 e. The number of rotatable bonds is 5. The van der Waals surface area contributed by atoms with Crippen LogP contribution < -0.4 is 14.3 Å². The standard InChI is InChI=1S/C20H20N2O3S3/c1-26-9-6-22-15-11-16-17(25-8-7-24-16)12-18(15)28-20(22)21-19(23)13-4-3-5-14(10-13)27-2/h3-5,10-12H,6-9H2,1-2H3. The van der Waals surface area contributed by atoms with Crippen LogP contribution in [0, 0.1) is 0 Å². The third kappa shape index (κ3) is 3.94. The number of aryl methyl sites for hydroxylation is 1. The lowest BCUT2D eigenvalue weighted by atomic mass is 10.2. The molecule has 0 aliphatic carbocycles. The van der Waals surface area contributed by atoms with Crippen LogP contribution in [0.2, 0.25) is 0 Å². The highest BCUT2D eigenvalue weighted by Gasteiger charge is 2.17. The maximum Gasteiger partial charge on any atom is 0.279 e. The fraction of sp³-hybridized carbons (Fsp3) is 0.300. The van der Waals surface area contributed by atoms with Gasteiger partial charge >= 0.3 is 0 Å². The summed E-state index contributed by atoms with van der Waals surface area (Å²) in [5, 5.41) is 0. The van der Waals surface area contributed by atoms with Crippen molar-refractivity contribution in [2.24, 2.45) is 4.99 Å². The molecule has 0 radical (unpaired) electrons. The molecule has 2 aromatic carbocycles. The van der Waals surface area contributed by atoms with Gasteiger partial charge in [0.25, 0.3) is 5.91 Å². The van der Waals surface area contributed by atoms with Crippen LogP contribution in [0.4, 0.5) is 0 Å². The lowest BCUT2D eigenvalue weighted by Crippen LogP contribution is -2.18. The number of thioether (sulfide) groups is 2. The van der Waals surface area contributed by atoms with Crippen LogP contribution in [0.25, 0.3) is 10.2 Å². The third-order valence-corrected chi connectivity index (χ3v) is 6.74. The number of thiazole rings is 1. The first-order valence-corrected chi connectivity index (χ1v) is 12.3. The monoisotopic (exact) mass is 432 g/mol. The van der Waals surface area contributed by atoms with E-state index in [-0.39, 0.29) is 5.91 Å². The molecule has 5 nitrogen and oxygen atoms in total. The molecule has 0 N–H and O–H groups in total. The van der Waals surface area contributed by atoms with Crippen LogP contribution in [-0.2, 0) is 6.54 Å². The molecule has 1 aromatic heterocycles. The van der Waals surface area contributed by atoms with Gasteiger partial charge in [0.15, 0.2) is 16.3 Å². The van der Waals surface area contributed by atoms with E-state index in [2.05, 4.69) is 15.8 Å². The summed E-state index contributed by atoms with van der Waals surface area (Å²) in [6, 6.07) is 11.6. The molecule has 28 heavy (non-hydrogen) atoms. The van der Waals surface area contributed by atoms with E-state index in [9.17, 15) is 4.79 Å². The van der Waals surface area contributed by atoms with Gasteiger partial charge in [0.1, 0.15) is 13.2 Å². The summed E-state index contributed by atoms with van der Waals surface area (Å²) >= 11 is 4.88. The van der Waals surface area contributed by atoms with Gasteiger partial charge in [-0.1, -0.05) is 17.4 Å². The molecule has 0 saturated carbocycles. The van der Waals surface area contributed by atoms with Crippen molar-refractivity contribution in [3.63, 3.8) is 0 Å². The maximum atomic E-state index is 12.8. The van der Waals surface area contributed by atoms with Gasteiger partial charge in [-0.3, -0.25) is 4.79 Å². The second-order valence-corrected chi connectivity index (χ2v) is 9.02. The zero-order valence-electron chi connectivity index (χ0n) is 15.6. The molecule has 0 atom stereocenters. The first-order valence-electron chi connectivity index (χ1n) is 8.84. The molecule has 1 aliphatic rings. The van der Waals surface area contributed by atoms with Crippen molar-refractivity contribution in [2.45, 2.75) is 11.4 Å². The van der Waals surface area contributed by atoms with Gasteiger partial charge in [-0.25, -0.2) is 0 Å². The lowest BCUT2D eigenvalue weighted by molar-refractivity contribution is 0.0997. The molecule has 1 amide bonds. The first kappa shape index (κ1) is 19.4. The number of hydrogen-bond acceptors (Lipinski definition) is 6. The predicted molar refractivity (Wildman–Crippen MR) is 117 cm³/mol. The molecule has 0 bridgehead atoms. The van der Waals surface area contributed by atoms with Crippen molar-refractivity contribution in [2.75, 3.05) is 31.5 Å². The quantitative estimate of drug-likeness (QED) is 0.563. The van der Waals surface area contributed by atoms with E-state index >= 15 is 0 Å². The highest BCUT2D eigenvalue weighted by Crippen LogP contribution is 2.35. The number of amides is 1. The number of aromatic nitrogens is 1. The van der Waals surface area contributed by atoms with Gasteiger partial charge in [-0.15, -0.1) is 11.8 Å². The Hall–Kier alpha value is -1.90. The molecule has 3 aromatic rings. The molecule has 2 heterocycles. The van der Waals surface area contributed by atoms with Gasteiger partial charge in [0, 0.05) is 34.9 Å². The zero-order valence-corrected chi connectivity index (χ0v) is 18.1. The van der Waals surface area contributed by atoms with E-state index in [1.165, 1.54) is 11.3 Å². The Balaban J connectivity index is 1.82. The fourth-order valence-electron chi connectivity index (χ4n) is 3.00. The van der Waals surface area contributed by atoms with Crippen LogP contribution in [0.3, 0.4) is 0 Å². The van der Waals surface area contributed by atoms with E-state index in [1.54, 1.807) is 23.5 Å². The normalized spacial score (nSPS) is 13.9. The molecular weight excluding hydrogens is 412 g/mol.